The summed E-state index contributed by atoms with van der Waals surface area (Å²) in [6, 6.07) is 3.85. The van der Waals surface area contributed by atoms with E-state index in [2.05, 4.69) is 15.4 Å². The Morgan fingerprint density at radius 3 is 2.41 bits per heavy atom. The largest absolute Gasteiger partial charge is 0.306 e. The molecule has 0 amide bonds. The molecule has 148 valence electrons. The predicted octanol–water partition coefficient (Wildman–Crippen LogP) is 2.26. The first kappa shape index (κ1) is 19.7. The van der Waals surface area contributed by atoms with Gasteiger partial charge in [-0.1, -0.05) is 6.42 Å². The van der Waals surface area contributed by atoms with Crippen molar-refractivity contribution < 1.29 is 13.3 Å². The average molecular weight is 395 g/mol. The first-order valence-corrected chi connectivity index (χ1v) is 10.6. The quantitative estimate of drug-likeness (QED) is 0.605. The summed E-state index contributed by atoms with van der Waals surface area (Å²) in [5.74, 6) is 0. The smallest absolute Gasteiger partial charge is 0.270 e. The third-order valence-corrected chi connectivity index (χ3v) is 6.95. The van der Waals surface area contributed by atoms with Crippen LogP contribution < -0.4 is 5.43 Å². The summed E-state index contributed by atoms with van der Waals surface area (Å²) in [4.78, 5) is 12.7. The third kappa shape index (κ3) is 4.63. The number of hydrazone groups is 1. The van der Waals surface area contributed by atoms with Crippen molar-refractivity contribution in [1.82, 2.24) is 9.21 Å². The van der Waals surface area contributed by atoms with Gasteiger partial charge < -0.3 is 4.90 Å². The number of rotatable bonds is 5. The molecule has 0 atom stereocenters. The average Bonchev–Trinajstić information content (AvgIpc) is 2.68. The number of piperidine rings is 2. The summed E-state index contributed by atoms with van der Waals surface area (Å²) in [6.07, 6.45) is 4.21. The van der Waals surface area contributed by atoms with Crippen molar-refractivity contribution in [2.45, 2.75) is 37.0 Å². The number of nitro benzene ring substituents is 1. The number of anilines is 1. The Bertz CT molecular complexity index is 824. The molecule has 1 N–H and O–H groups in total. The van der Waals surface area contributed by atoms with Crippen molar-refractivity contribution in [3.05, 3.63) is 28.3 Å². The topological polar surface area (TPSA) is 108 Å². The van der Waals surface area contributed by atoms with Crippen LogP contribution >= 0.6 is 0 Å². The summed E-state index contributed by atoms with van der Waals surface area (Å²) in [6.45, 7) is 2.68. The molecule has 2 fully saturated rings. The van der Waals surface area contributed by atoms with Crippen LogP contribution in [0, 0.1) is 10.1 Å². The monoisotopic (exact) mass is 395 g/mol. The van der Waals surface area contributed by atoms with Crippen LogP contribution in [-0.4, -0.2) is 61.5 Å². The fourth-order valence-electron chi connectivity index (χ4n) is 3.30. The molecule has 9 nitrogen and oxygen atoms in total. The molecule has 0 aliphatic carbocycles. The highest BCUT2D eigenvalue weighted by Crippen LogP contribution is 2.30. The number of hydrogen-bond acceptors (Lipinski definition) is 7. The SMILES string of the molecule is CN1CCC(=NNc2ccc([N+](=O)[O-])cc2S(=O)(=O)N2CCCCC2)CC1. The zero-order valence-corrected chi connectivity index (χ0v) is 16.2. The van der Waals surface area contributed by atoms with Crippen LogP contribution in [0.4, 0.5) is 11.4 Å². The second-order valence-electron chi connectivity index (χ2n) is 7.00. The van der Waals surface area contributed by atoms with Gasteiger partial charge in [-0.05, 0) is 26.0 Å². The lowest BCUT2D eigenvalue weighted by Crippen LogP contribution is -2.36. The fourth-order valence-corrected chi connectivity index (χ4v) is 4.98. The highest BCUT2D eigenvalue weighted by molar-refractivity contribution is 7.89. The zero-order valence-electron chi connectivity index (χ0n) is 15.4. The maximum Gasteiger partial charge on any atom is 0.270 e. The molecule has 27 heavy (non-hydrogen) atoms. The maximum absolute atomic E-state index is 13.1. The Morgan fingerprint density at radius 2 is 1.78 bits per heavy atom. The second kappa shape index (κ2) is 8.32. The van der Waals surface area contributed by atoms with Crippen LogP contribution in [-0.2, 0) is 10.0 Å². The Hall–Kier alpha value is -2.04. The molecular weight excluding hydrogens is 370 g/mol. The molecule has 2 heterocycles. The van der Waals surface area contributed by atoms with Gasteiger partial charge in [0.05, 0.1) is 10.6 Å². The number of nitrogens with zero attached hydrogens (tertiary/aromatic N) is 4. The molecule has 1 aromatic rings. The zero-order chi connectivity index (χ0) is 19.4. The summed E-state index contributed by atoms with van der Waals surface area (Å²) in [5, 5.41) is 15.5. The minimum absolute atomic E-state index is 0.0872. The van der Waals surface area contributed by atoms with Crippen LogP contribution in [0.15, 0.2) is 28.2 Å². The standard InChI is InChI=1S/C17H25N5O4S/c1-20-11-7-14(8-12-20)18-19-16-6-5-15(22(23)24)13-17(16)27(25,26)21-9-3-2-4-10-21/h5-6,13,19H,2-4,7-12H2,1H3. The Kier molecular flexibility index (Phi) is 6.08. The van der Waals surface area contributed by atoms with E-state index < -0.39 is 14.9 Å². The maximum atomic E-state index is 13.1. The van der Waals surface area contributed by atoms with Crippen molar-refractivity contribution in [1.29, 1.82) is 0 Å². The minimum Gasteiger partial charge on any atom is -0.306 e. The number of benzene rings is 1. The molecule has 0 radical (unpaired) electrons. The van der Waals surface area contributed by atoms with E-state index in [-0.39, 0.29) is 16.3 Å². The molecule has 1 aromatic carbocycles. The molecule has 2 saturated heterocycles. The highest BCUT2D eigenvalue weighted by Gasteiger charge is 2.30. The van der Waals surface area contributed by atoms with E-state index in [0.29, 0.717) is 13.1 Å². The number of likely N-dealkylation sites (tertiary alicyclic amines) is 1. The van der Waals surface area contributed by atoms with Gasteiger partial charge in [-0.15, -0.1) is 0 Å². The molecule has 10 heteroatoms. The molecule has 2 aliphatic heterocycles. The Labute approximate surface area is 159 Å². The van der Waals surface area contributed by atoms with E-state index in [1.54, 1.807) is 0 Å². The number of nitrogens with one attached hydrogen (secondary N) is 1. The van der Waals surface area contributed by atoms with Gasteiger partial charge in [-0.2, -0.15) is 9.41 Å². The van der Waals surface area contributed by atoms with E-state index in [1.807, 2.05) is 7.05 Å². The normalized spacial score (nSPS) is 19.7. The molecule has 0 saturated carbocycles. The van der Waals surface area contributed by atoms with Gasteiger partial charge in [0.1, 0.15) is 4.90 Å². The van der Waals surface area contributed by atoms with Gasteiger partial charge >= 0.3 is 0 Å². The van der Waals surface area contributed by atoms with E-state index >= 15 is 0 Å². The predicted molar refractivity (Wildman–Crippen MR) is 103 cm³/mol. The molecule has 0 aromatic heterocycles. The van der Waals surface area contributed by atoms with E-state index in [9.17, 15) is 18.5 Å². The van der Waals surface area contributed by atoms with Crippen molar-refractivity contribution in [2.24, 2.45) is 5.10 Å². The second-order valence-corrected chi connectivity index (χ2v) is 8.90. The summed E-state index contributed by atoms with van der Waals surface area (Å²) < 4.78 is 27.6. The van der Waals surface area contributed by atoms with Crippen molar-refractivity contribution in [3.63, 3.8) is 0 Å². The Morgan fingerprint density at radius 1 is 1.11 bits per heavy atom. The van der Waals surface area contributed by atoms with E-state index in [4.69, 9.17) is 0 Å². The number of sulfonamides is 1. The lowest BCUT2D eigenvalue weighted by molar-refractivity contribution is -0.385. The summed E-state index contributed by atoms with van der Waals surface area (Å²) in [7, 11) is -1.78. The van der Waals surface area contributed by atoms with Gasteiger partial charge in [-0.25, -0.2) is 8.42 Å². The first-order chi connectivity index (χ1) is 12.9. The summed E-state index contributed by atoms with van der Waals surface area (Å²) in [5.41, 5.74) is 3.84. The first-order valence-electron chi connectivity index (χ1n) is 9.16. The molecule has 2 aliphatic rings. The van der Waals surface area contributed by atoms with Crippen LogP contribution in [0.5, 0.6) is 0 Å². The third-order valence-electron chi connectivity index (χ3n) is 5.01. The summed E-state index contributed by atoms with van der Waals surface area (Å²) >= 11 is 0. The number of nitro groups is 1. The van der Waals surface area contributed by atoms with Gasteiger partial charge in [0, 0.05) is 56.9 Å². The van der Waals surface area contributed by atoms with Crippen LogP contribution in [0.2, 0.25) is 0 Å². The fraction of sp³-hybridized carbons (Fsp3) is 0.588. The molecule has 0 bridgehead atoms. The lowest BCUT2D eigenvalue weighted by atomic mass is 10.1. The lowest BCUT2D eigenvalue weighted by Gasteiger charge is -2.26. The number of hydrogen-bond donors (Lipinski definition) is 1. The van der Waals surface area contributed by atoms with Crippen LogP contribution in [0.1, 0.15) is 32.1 Å². The molecule has 0 unspecified atom stereocenters. The van der Waals surface area contributed by atoms with Crippen molar-refractivity contribution >= 4 is 27.1 Å². The van der Waals surface area contributed by atoms with Crippen molar-refractivity contribution in [3.8, 4) is 0 Å². The van der Waals surface area contributed by atoms with Gasteiger partial charge in [0.2, 0.25) is 10.0 Å². The molecule has 3 rings (SSSR count). The van der Waals surface area contributed by atoms with Gasteiger partial charge in [0.25, 0.3) is 5.69 Å². The van der Waals surface area contributed by atoms with E-state index in [1.165, 1.54) is 16.4 Å². The highest BCUT2D eigenvalue weighted by atomic mass is 32.2. The minimum atomic E-state index is -3.82. The van der Waals surface area contributed by atoms with E-state index in [0.717, 1.165) is 57.0 Å². The Balaban J connectivity index is 1.91. The van der Waals surface area contributed by atoms with Gasteiger partial charge in [0.15, 0.2) is 0 Å². The number of non-ortho nitro benzene ring substituents is 1. The van der Waals surface area contributed by atoms with Crippen LogP contribution in [0.3, 0.4) is 0 Å². The van der Waals surface area contributed by atoms with Crippen molar-refractivity contribution in [2.75, 3.05) is 38.7 Å². The van der Waals surface area contributed by atoms with Crippen LogP contribution in [0.25, 0.3) is 0 Å². The van der Waals surface area contributed by atoms with Gasteiger partial charge in [-0.3, -0.25) is 15.5 Å². The molecule has 0 spiro atoms. The molecular formula is C17H25N5O4S.